The first-order valence-electron chi connectivity index (χ1n) is 7.72. The molecule has 0 aromatic heterocycles. The van der Waals surface area contributed by atoms with Crippen molar-refractivity contribution < 1.29 is 25.2 Å². The molecule has 2 rings (SSSR count). The monoisotopic (exact) mass is 300 g/mol. The predicted octanol–water partition coefficient (Wildman–Crippen LogP) is 5.74. The van der Waals surface area contributed by atoms with Gasteiger partial charge < -0.3 is 4.74 Å². The average molecular weight is 300 g/mol. The predicted molar refractivity (Wildman–Crippen MR) is 73.1 cm³/mol. The van der Waals surface area contributed by atoms with Crippen molar-refractivity contribution in [3.05, 3.63) is 0 Å². The van der Waals surface area contributed by atoms with Gasteiger partial charge in [0.1, 0.15) is 0 Å². The summed E-state index contributed by atoms with van der Waals surface area (Å²) >= 11 is 0. The van der Waals surface area contributed by atoms with Crippen LogP contribution < -0.4 is 0 Å². The summed E-state index contributed by atoms with van der Waals surface area (Å²) in [7, 11) is 0. The van der Waals surface area contributed by atoms with E-state index in [9.17, 15) is 17.6 Å². The van der Waals surface area contributed by atoms with Crippen molar-refractivity contribution in [2.75, 3.05) is 0 Å². The second-order valence-electron chi connectivity index (χ2n) is 6.55. The Kier molecular flexibility index (Phi) is 5.32. The molecule has 0 amide bonds. The first-order chi connectivity index (χ1) is 9.36. The summed E-state index contributed by atoms with van der Waals surface area (Å²) in [5.41, 5.74) is 0. The molecule has 0 aliphatic heterocycles. The van der Waals surface area contributed by atoms with E-state index in [-0.39, 0.29) is 2.85 Å². The highest BCUT2D eigenvalue weighted by Crippen LogP contribution is 2.41. The van der Waals surface area contributed by atoms with Crippen LogP contribution in [0.2, 0.25) is 0 Å². The van der Waals surface area contributed by atoms with Crippen molar-refractivity contribution in [2.24, 2.45) is 17.8 Å². The molecule has 0 aromatic carbocycles. The Morgan fingerprint density at radius 2 is 1.35 bits per heavy atom. The third-order valence-corrected chi connectivity index (χ3v) is 5.02. The van der Waals surface area contributed by atoms with Crippen LogP contribution in [-0.2, 0) is 4.74 Å². The summed E-state index contributed by atoms with van der Waals surface area (Å²) in [6, 6.07) is 0. The number of alkyl halides is 4. The Bertz CT molecular complexity index is 298. The maximum Gasteiger partial charge on any atom is 0.445 e. The van der Waals surface area contributed by atoms with Crippen LogP contribution in [0.3, 0.4) is 0 Å². The summed E-state index contributed by atoms with van der Waals surface area (Å²) in [6.45, 7) is 2.28. The highest BCUT2D eigenvalue weighted by Gasteiger charge is 2.43. The SMILES string of the molecule is CC1CCC(C2CCC(OC(F)C(F)(F)F)CC2)CC1.[HH].[HH]. The van der Waals surface area contributed by atoms with Gasteiger partial charge in [0.25, 0.3) is 6.36 Å². The molecule has 1 atom stereocenters. The van der Waals surface area contributed by atoms with Gasteiger partial charge in [0, 0.05) is 2.85 Å². The number of halogens is 4. The zero-order valence-corrected chi connectivity index (χ0v) is 12.0. The molecule has 2 aliphatic rings. The van der Waals surface area contributed by atoms with Gasteiger partial charge in [0.15, 0.2) is 0 Å². The smallest absolute Gasteiger partial charge is 0.338 e. The van der Waals surface area contributed by atoms with Crippen LogP contribution in [0.1, 0.15) is 61.1 Å². The van der Waals surface area contributed by atoms with Crippen molar-refractivity contribution in [1.29, 1.82) is 0 Å². The van der Waals surface area contributed by atoms with Gasteiger partial charge in [0.05, 0.1) is 6.10 Å². The second-order valence-corrected chi connectivity index (χ2v) is 6.55. The van der Waals surface area contributed by atoms with Gasteiger partial charge in [0.2, 0.25) is 0 Å². The van der Waals surface area contributed by atoms with Gasteiger partial charge in [-0.05, 0) is 56.3 Å². The minimum absolute atomic E-state index is 0. The van der Waals surface area contributed by atoms with Crippen LogP contribution >= 0.6 is 0 Å². The van der Waals surface area contributed by atoms with Crippen LogP contribution in [0.4, 0.5) is 17.6 Å². The van der Waals surface area contributed by atoms with Crippen molar-refractivity contribution in [3.8, 4) is 0 Å². The molecule has 0 N–H and O–H groups in total. The van der Waals surface area contributed by atoms with E-state index in [0.29, 0.717) is 18.8 Å². The molecule has 2 aliphatic carbocycles. The molecule has 2 saturated carbocycles. The van der Waals surface area contributed by atoms with Gasteiger partial charge in [-0.1, -0.05) is 19.8 Å². The van der Waals surface area contributed by atoms with Gasteiger partial charge in [-0.15, -0.1) is 0 Å². The van der Waals surface area contributed by atoms with Gasteiger partial charge >= 0.3 is 6.18 Å². The van der Waals surface area contributed by atoms with Crippen molar-refractivity contribution in [1.82, 2.24) is 0 Å². The minimum Gasteiger partial charge on any atom is -0.338 e. The lowest BCUT2D eigenvalue weighted by molar-refractivity contribution is -0.280. The van der Waals surface area contributed by atoms with Crippen LogP contribution in [0.25, 0.3) is 0 Å². The summed E-state index contributed by atoms with van der Waals surface area (Å²) in [4.78, 5) is 0. The molecule has 0 bridgehead atoms. The Balaban J connectivity index is 0.00000220. The van der Waals surface area contributed by atoms with Crippen molar-refractivity contribution >= 4 is 0 Å². The molecule has 5 heteroatoms. The van der Waals surface area contributed by atoms with Crippen LogP contribution in [0.5, 0.6) is 0 Å². The lowest BCUT2D eigenvalue weighted by Gasteiger charge is -2.37. The normalized spacial score (nSPS) is 37.6. The second kappa shape index (κ2) is 6.63. The van der Waals surface area contributed by atoms with Gasteiger partial charge in [-0.2, -0.15) is 13.2 Å². The quantitative estimate of drug-likeness (QED) is 0.604. The zero-order chi connectivity index (χ0) is 14.8. The molecular weight excluding hydrogens is 272 g/mol. The molecule has 0 radical (unpaired) electrons. The molecule has 2 fully saturated rings. The molecule has 0 aromatic rings. The zero-order valence-electron chi connectivity index (χ0n) is 12.0. The fraction of sp³-hybridized carbons (Fsp3) is 1.00. The topological polar surface area (TPSA) is 9.23 Å². The summed E-state index contributed by atoms with van der Waals surface area (Å²) < 4.78 is 53.7. The van der Waals surface area contributed by atoms with E-state index in [1.165, 1.54) is 25.7 Å². The molecule has 0 heterocycles. The third-order valence-electron chi connectivity index (χ3n) is 5.02. The molecule has 1 nitrogen and oxygen atoms in total. The van der Waals surface area contributed by atoms with Gasteiger partial charge in [-0.3, -0.25) is 0 Å². The van der Waals surface area contributed by atoms with E-state index < -0.39 is 18.6 Å². The number of ether oxygens (including phenoxy) is 1. The Labute approximate surface area is 121 Å². The molecular formula is C15H28F4O. The largest absolute Gasteiger partial charge is 0.445 e. The number of hydrogen-bond donors (Lipinski definition) is 0. The maximum absolute atomic E-state index is 12.8. The molecule has 0 spiro atoms. The van der Waals surface area contributed by atoms with Gasteiger partial charge in [-0.25, -0.2) is 4.39 Å². The molecule has 20 heavy (non-hydrogen) atoms. The summed E-state index contributed by atoms with van der Waals surface area (Å²) in [5.74, 6) is 2.13. The van der Waals surface area contributed by atoms with Crippen LogP contribution in [-0.4, -0.2) is 18.6 Å². The highest BCUT2D eigenvalue weighted by atomic mass is 19.4. The standard InChI is InChI=1S/C15H24F4O.2H2/c1-10-2-4-11(5-3-10)12-6-8-13(9-7-12)20-14(16)15(17,18)19;;/h10-14H,2-9H2,1H3;2*1H. The van der Waals surface area contributed by atoms with Crippen LogP contribution in [0.15, 0.2) is 0 Å². The van der Waals surface area contributed by atoms with E-state index in [1.54, 1.807) is 0 Å². The minimum atomic E-state index is -4.89. The van der Waals surface area contributed by atoms with Crippen molar-refractivity contribution in [3.63, 3.8) is 0 Å². The highest BCUT2D eigenvalue weighted by molar-refractivity contribution is 4.81. The fourth-order valence-electron chi connectivity index (χ4n) is 3.70. The molecule has 0 saturated heterocycles. The Morgan fingerprint density at radius 3 is 1.80 bits per heavy atom. The average Bonchev–Trinajstić information content (AvgIpc) is 2.39. The van der Waals surface area contributed by atoms with Crippen LogP contribution in [0, 0.1) is 17.8 Å². The van der Waals surface area contributed by atoms with E-state index in [2.05, 4.69) is 11.7 Å². The van der Waals surface area contributed by atoms with E-state index >= 15 is 0 Å². The fourth-order valence-corrected chi connectivity index (χ4v) is 3.70. The maximum atomic E-state index is 12.8. The Morgan fingerprint density at radius 1 is 0.900 bits per heavy atom. The van der Waals surface area contributed by atoms with Crippen molar-refractivity contribution in [2.45, 2.75) is 76.9 Å². The first kappa shape index (κ1) is 16.1. The lowest BCUT2D eigenvalue weighted by atomic mass is 9.71. The molecule has 122 valence electrons. The lowest BCUT2D eigenvalue weighted by Crippen LogP contribution is -2.34. The first-order valence-corrected chi connectivity index (χ1v) is 7.72. The Hall–Kier alpha value is -0.320. The van der Waals surface area contributed by atoms with E-state index in [0.717, 1.165) is 24.7 Å². The number of rotatable bonds is 3. The summed E-state index contributed by atoms with van der Waals surface area (Å²) in [6.07, 6.45) is -0.676. The number of hydrogen-bond acceptors (Lipinski definition) is 1. The molecule has 1 unspecified atom stereocenters. The third kappa shape index (κ3) is 4.34. The van der Waals surface area contributed by atoms with E-state index in [4.69, 9.17) is 0 Å². The van der Waals surface area contributed by atoms with E-state index in [1.807, 2.05) is 0 Å². The summed E-state index contributed by atoms with van der Waals surface area (Å²) in [5, 5.41) is 0.